The van der Waals surface area contributed by atoms with Gasteiger partial charge in [0.25, 0.3) is 0 Å². The number of carboxylic acid groups (broad SMARTS) is 1. The maximum atomic E-state index is 14.3. The molecule has 2 aromatic carbocycles. The minimum Gasteiger partial charge on any atom is -0.480 e. The summed E-state index contributed by atoms with van der Waals surface area (Å²) in [6.45, 7) is 2.83. The van der Waals surface area contributed by atoms with Gasteiger partial charge < -0.3 is 19.8 Å². The standard InChI is InChI=1S/C31H32N4O4S/c1-20-12-15-25(40-20)18-32(22-13-14-22)30(39)35-26-16-21-17-31(21,35)19-33(27(26)28(36)37)29(38)34(23-8-4-2-5-9-23)24-10-6-3-7-11-24/h2-12,15,21-22,26-27H,13-14,16-19H2,1H3,(H,36,37)/t21-,26-,27+,31?/m1/s1. The second kappa shape index (κ2) is 9.37. The van der Waals surface area contributed by atoms with Crippen LogP contribution >= 0.6 is 11.3 Å². The lowest BCUT2D eigenvalue weighted by atomic mass is 9.98. The number of rotatable bonds is 6. The summed E-state index contributed by atoms with van der Waals surface area (Å²) in [5.41, 5.74) is 0.843. The minimum absolute atomic E-state index is 0.0696. The Morgan fingerprint density at radius 3 is 2.15 bits per heavy atom. The molecule has 2 aliphatic heterocycles. The summed E-state index contributed by atoms with van der Waals surface area (Å²) in [7, 11) is 0. The number of hydrogen-bond donors (Lipinski definition) is 1. The third kappa shape index (κ3) is 4.06. The number of hydrogen-bond acceptors (Lipinski definition) is 4. The molecular formula is C31H32N4O4S. The van der Waals surface area contributed by atoms with Crippen LogP contribution in [0.2, 0.25) is 0 Å². The third-order valence-electron chi connectivity index (χ3n) is 8.96. The number of piperidine rings is 1. The quantitative estimate of drug-likeness (QED) is 0.422. The van der Waals surface area contributed by atoms with Gasteiger partial charge in [0, 0.05) is 22.3 Å². The fraction of sp³-hybridized carbons (Fsp3) is 0.387. The molecule has 3 aromatic rings. The van der Waals surface area contributed by atoms with E-state index < -0.39 is 23.6 Å². The molecule has 9 heteroatoms. The Labute approximate surface area is 237 Å². The van der Waals surface area contributed by atoms with Gasteiger partial charge in [0.2, 0.25) is 0 Å². The number of likely N-dealkylation sites (tertiary alicyclic amines) is 1. The number of anilines is 2. The van der Waals surface area contributed by atoms with E-state index in [0.717, 1.165) is 24.1 Å². The van der Waals surface area contributed by atoms with E-state index in [1.165, 1.54) is 9.78 Å². The molecule has 1 aromatic heterocycles. The zero-order valence-corrected chi connectivity index (χ0v) is 23.2. The molecule has 1 unspecified atom stereocenters. The molecule has 7 rings (SSSR count). The molecule has 0 radical (unpaired) electrons. The van der Waals surface area contributed by atoms with Crippen LogP contribution in [0, 0.1) is 12.8 Å². The van der Waals surface area contributed by atoms with Gasteiger partial charge in [-0.15, -0.1) is 11.3 Å². The number of para-hydroxylation sites is 2. The summed E-state index contributed by atoms with van der Waals surface area (Å²) in [5, 5.41) is 10.5. The van der Waals surface area contributed by atoms with Crippen LogP contribution in [0.4, 0.5) is 21.0 Å². The highest BCUT2D eigenvalue weighted by molar-refractivity contribution is 7.11. The molecule has 3 heterocycles. The van der Waals surface area contributed by atoms with Crippen molar-refractivity contribution in [3.63, 3.8) is 0 Å². The predicted octanol–water partition coefficient (Wildman–Crippen LogP) is 5.70. The fourth-order valence-electron chi connectivity index (χ4n) is 6.92. The van der Waals surface area contributed by atoms with Gasteiger partial charge in [0.15, 0.2) is 6.04 Å². The molecule has 1 N–H and O–H groups in total. The third-order valence-corrected chi connectivity index (χ3v) is 9.95. The molecular weight excluding hydrogens is 524 g/mol. The highest BCUT2D eigenvalue weighted by Crippen LogP contribution is 2.62. The highest BCUT2D eigenvalue weighted by Gasteiger charge is 2.74. The van der Waals surface area contributed by atoms with Crippen LogP contribution in [0.1, 0.15) is 35.4 Å². The number of thiophene rings is 1. The van der Waals surface area contributed by atoms with Crippen LogP contribution in [-0.4, -0.2) is 68.0 Å². The second-order valence-corrected chi connectivity index (χ2v) is 12.9. The number of nitrogens with zero attached hydrogens (tertiary/aromatic N) is 4. The summed E-state index contributed by atoms with van der Waals surface area (Å²) in [6.07, 6.45) is 3.36. The molecule has 2 saturated heterocycles. The number of aryl methyl sites for hydroxylation is 1. The molecule has 4 fully saturated rings. The smallest absolute Gasteiger partial charge is 0.330 e. The summed E-state index contributed by atoms with van der Waals surface area (Å²) >= 11 is 1.70. The zero-order valence-electron chi connectivity index (χ0n) is 22.3. The number of carbonyl (C=O) groups is 3. The maximum Gasteiger partial charge on any atom is 0.330 e. The van der Waals surface area contributed by atoms with E-state index in [1.54, 1.807) is 16.2 Å². The zero-order chi connectivity index (χ0) is 27.6. The largest absolute Gasteiger partial charge is 0.480 e. The van der Waals surface area contributed by atoms with Crippen molar-refractivity contribution in [3.05, 3.63) is 82.6 Å². The lowest BCUT2D eigenvalue weighted by molar-refractivity contribution is -0.146. The Morgan fingerprint density at radius 1 is 0.950 bits per heavy atom. The van der Waals surface area contributed by atoms with Gasteiger partial charge >= 0.3 is 18.0 Å². The number of benzene rings is 2. The molecule has 40 heavy (non-hydrogen) atoms. The average Bonchev–Trinajstić information content (AvgIpc) is 3.85. The number of carbonyl (C=O) groups excluding carboxylic acids is 2. The number of urea groups is 2. The van der Waals surface area contributed by atoms with E-state index in [2.05, 4.69) is 19.1 Å². The SMILES string of the molecule is Cc1ccc(CN(C(=O)N2[C@@H]3C[C@@H]4CC42CN(C(=O)N(c2ccccc2)c2ccccc2)[C@@H]3C(=O)O)C2CC2)s1. The molecule has 2 aliphatic carbocycles. The van der Waals surface area contributed by atoms with Gasteiger partial charge in [-0.25, -0.2) is 14.4 Å². The Balaban J connectivity index is 1.22. The van der Waals surface area contributed by atoms with Crippen molar-refractivity contribution in [2.75, 3.05) is 11.4 Å². The van der Waals surface area contributed by atoms with Gasteiger partial charge in [0.05, 0.1) is 29.5 Å². The van der Waals surface area contributed by atoms with Crippen molar-refractivity contribution in [1.29, 1.82) is 0 Å². The number of piperazine rings is 1. The molecule has 4 amide bonds. The van der Waals surface area contributed by atoms with E-state index in [9.17, 15) is 19.5 Å². The first-order valence-electron chi connectivity index (χ1n) is 14.0. The molecule has 8 nitrogen and oxygen atoms in total. The molecule has 1 spiro atoms. The Hall–Kier alpha value is -3.85. The van der Waals surface area contributed by atoms with Crippen LogP contribution in [0.15, 0.2) is 72.8 Å². The van der Waals surface area contributed by atoms with Crippen LogP contribution in [0.3, 0.4) is 0 Å². The van der Waals surface area contributed by atoms with Crippen LogP contribution in [-0.2, 0) is 11.3 Å². The van der Waals surface area contributed by atoms with Gasteiger partial charge in [-0.1, -0.05) is 36.4 Å². The first-order valence-corrected chi connectivity index (χ1v) is 14.8. The minimum atomic E-state index is -1.12. The fourth-order valence-corrected chi connectivity index (χ4v) is 7.81. The van der Waals surface area contributed by atoms with Crippen molar-refractivity contribution in [2.45, 2.75) is 62.8 Å². The lowest BCUT2D eigenvalue weighted by Gasteiger charge is -2.49. The lowest BCUT2D eigenvalue weighted by Crippen LogP contribution is -2.70. The van der Waals surface area contributed by atoms with Gasteiger partial charge in [0.1, 0.15) is 0 Å². The monoisotopic (exact) mass is 556 g/mol. The summed E-state index contributed by atoms with van der Waals surface area (Å²) < 4.78 is 0. The van der Waals surface area contributed by atoms with Gasteiger partial charge in [-0.2, -0.15) is 0 Å². The highest BCUT2D eigenvalue weighted by atomic mass is 32.1. The maximum absolute atomic E-state index is 14.3. The van der Waals surface area contributed by atoms with Gasteiger partial charge in [-0.3, -0.25) is 4.90 Å². The van der Waals surface area contributed by atoms with E-state index in [1.807, 2.05) is 70.5 Å². The van der Waals surface area contributed by atoms with Crippen molar-refractivity contribution in [2.24, 2.45) is 5.92 Å². The average molecular weight is 557 g/mol. The second-order valence-electron chi connectivity index (χ2n) is 11.5. The van der Waals surface area contributed by atoms with Crippen LogP contribution < -0.4 is 4.90 Å². The van der Waals surface area contributed by atoms with Crippen LogP contribution in [0.25, 0.3) is 0 Å². The number of aliphatic carboxylic acids is 1. The summed E-state index contributed by atoms with van der Waals surface area (Å²) in [5.74, 6) is -0.853. The Bertz CT molecular complexity index is 1420. The van der Waals surface area contributed by atoms with Crippen molar-refractivity contribution in [1.82, 2.24) is 14.7 Å². The molecule has 2 bridgehead atoms. The number of amides is 4. The van der Waals surface area contributed by atoms with E-state index in [0.29, 0.717) is 24.3 Å². The van der Waals surface area contributed by atoms with E-state index >= 15 is 0 Å². The normalized spacial score (nSPS) is 26.3. The van der Waals surface area contributed by atoms with Crippen LogP contribution in [0.5, 0.6) is 0 Å². The molecule has 2 saturated carbocycles. The molecule has 206 valence electrons. The Kier molecular flexibility index (Phi) is 5.89. The van der Waals surface area contributed by atoms with Crippen molar-refractivity contribution < 1.29 is 19.5 Å². The summed E-state index contributed by atoms with van der Waals surface area (Å²) in [6, 6.07) is 20.9. The molecule has 4 atom stereocenters. The number of carboxylic acids is 1. The van der Waals surface area contributed by atoms with Gasteiger partial charge in [-0.05, 0) is 74.9 Å². The van der Waals surface area contributed by atoms with Crippen molar-refractivity contribution >= 4 is 40.7 Å². The topological polar surface area (TPSA) is 84.4 Å². The predicted molar refractivity (Wildman–Crippen MR) is 153 cm³/mol. The van der Waals surface area contributed by atoms with E-state index in [-0.39, 0.29) is 30.6 Å². The first-order chi connectivity index (χ1) is 19.4. The first kappa shape index (κ1) is 25.1. The van der Waals surface area contributed by atoms with Crippen molar-refractivity contribution in [3.8, 4) is 0 Å². The summed E-state index contributed by atoms with van der Waals surface area (Å²) in [4.78, 5) is 50.8. The Morgan fingerprint density at radius 2 is 1.60 bits per heavy atom. The molecule has 4 aliphatic rings. The number of fused-ring (bicyclic) bond motifs is 1. The van der Waals surface area contributed by atoms with E-state index in [4.69, 9.17) is 0 Å².